The summed E-state index contributed by atoms with van der Waals surface area (Å²) in [5.41, 5.74) is 1.10. The second kappa shape index (κ2) is 4.96. The number of likely N-dealkylation sites (tertiary alicyclic amines) is 1. The van der Waals surface area contributed by atoms with Gasteiger partial charge in [0.05, 0.1) is 11.6 Å². The Balaban J connectivity index is 1.79. The van der Waals surface area contributed by atoms with Gasteiger partial charge in [0, 0.05) is 12.6 Å². The van der Waals surface area contributed by atoms with Gasteiger partial charge < -0.3 is 14.6 Å². The molecule has 1 aromatic carbocycles. The minimum atomic E-state index is 0.221. The second-order valence-electron chi connectivity index (χ2n) is 4.76. The largest absolute Gasteiger partial charge is 0.454 e. The smallest absolute Gasteiger partial charge is 0.231 e. The molecule has 1 fully saturated rings. The highest BCUT2D eigenvalue weighted by molar-refractivity contribution is 6.32. The molecule has 0 saturated carbocycles. The van der Waals surface area contributed by atoms with Crippen molar-refractivity contribution in [3.63, 3.8) is 0 Å². The van der Waals surface area contributed by atoms with Crippen molar-refractivity contribution < 1.29 is 14.6 Å². The molecule has 1 atom stereocenters. The normalized spacial score (nSPS) is 22.7. The molecule has 2 heterocycles. The molecule has 5 heteroatoms. The van der Waals surface area contributed by atoms with Gasteiger partial charge in [-0.3, -0.25) is 4.90 Å². The molecule has 2 aliphatic heterocycles. The third kappa shape index (κ3) is 2.16. The summed E-state index contributed by atoms with van der Waals surface area (Å²) >= 11 is 6.16. The van der Waals surface area contributed by atoms with E-state index in [0.29, 0.717) is 10.8 Å². The molecule has 1 aromatic rings. The highest BCUT2D eigenvalue weighted by Crippen LogP contribution is 2.40. The maximum atomic E-state index is 9.31. The lowest BCUT2D eigenvalue weighted by molar-refractivity contribution is 0.153. The van der Waals surface area contributed by atoms with Crippen LogP contribution in [0.1, 0.15) is 18.4 Å². The van der Waals surface area contributed by atoms with Gasteiger partial charge in [-0.1, -0.05) is 11.6 Å². The molecule has 2 aliphatic rings. The van der Waals surface area contributed by atoms with Gasteiger partial charge >= 0.3 is 0 Å². The Kier molecular flexibility index (Phi) is 3.33. The summed E-state index contributed by atoms with van der Waals surface area (Å²) in [7, 11) is 0. The average Bonchev–Trinajstić information content (AvgIpc) is 2.97. The van der Waals surface area contributed by atoms with Gasteiger partial charge in [0.15, 0.2) is 11.5 Å². The Bertz CT molecular complexity index is 452. The molecule has 0 unspecified atom stereocenters. The van der Waals surface area contributed by atoms with Crippen molar-refractivity contribution in [2.24, 2.45) is 0 Å². The van der Waals surface area contributed by atoms with Gasteiger partial charge in [-0.05, 0) is 37.1 Å². The Hall–Kier alpha value is -0.970. The molecule has 0 bridgehead atoms. The molecule has 18 heavy (non-hydrogen) atoms. The van der Waals surface area contributed by atoms with E-state index in [9.17, 15) is 5.11 Å². The minimum Gasteiger partial charge on any atom is -0.454 e. The van der Waals surface area contributed by atoms with Crippen LogP contribution in [-0.4, -0.2) is 36.0 Å². The van der Waals surface area contributed by atoms with E-state index in [1.165, 1.54) is 0 Å². The summed E-state index contributed by atoms with van der Waals surface area (Å²) < 4.78 is 10.7. The van der Waals surface area contributed by atoms with Crippen LogP contribution in [0.5, 0.6) is 11.5 Å². The van der Waals surface area contributed by atoms with Crippen LogP contribution in [0.4, 0.5) is 0 Å². The third-order valence-electron chi connectivity index (χ3n) is 3.58. The number of aliphatic hydroxyl groups excluding tert-OH is 1. The van der Waals surface area contributed by atoms with E-state index in [0.717, 1.165) is 37.2 Å². The third-order valence-corrected chi connectivity index (χ3v) is 3.86. The molecule has 0 radical (unpaired) electrons. The molecule has 0 aliphatic carbocycles. The number of benzene rings is 1. The minimum absolute atomic E-state index is 0.221. The van der Waals surface area contributed by atoms with Gasteiger partial charge in [0.1, 0.15) is 0 Å². The van der Waals surface area contributed by atoms with Crippen LogP contribution in [0.3, 0.4) is 0 Å². The van der Waals surface area contributed by atoms with Gasteiger partial charge in [0.2, 0.25) is 6.79 Å². The summed E-state index contributed by atoms with van der Waals surface area (Å²) in [4.78, 5) is 2.29. The van der Waals surface area contributed by atoms with Gasteiger partial charge in [-0.2, -0.15) is 0 Å². The number of nitrogens with zero attached hydrogens (tertiary/aromatic N) is 1. The first-order chi connectivity index (χ1) is 8.78. The van der Waals surface area contributed by atoms with Crippen LogP contribution in [0.2, 0.25) is 5.02 Å². The van der Waals surface area contributed by atoms with Gasteiger partial charge in [-0.25, -0.2) is 0 Å². The maximum absolute atomic E-state index is 9.31. The Morgan fingerprint density at radius 2 is 2.28 bits per heavy atom. The van der Waals surface area contributed by atoms with E-state index in [4.69, 9.17) is 21.1 Å². The quantitative estimate of drug-likeness (QED) is 0.912. The lowest BCUT2D eigenvalue weighted by Gasteiger charge is -2.22. The average molecular weight is 270 g/mol. The van der Waals surface area contributed by atoms with Crippen LogP contribution in [0.15, 0.2) is 12.1 Å². The highest BCUT2D eigenvalue weighted by Gasteiger charge is 2.25. The maximum Gasteiger partial charge on any atom is 0.231 e. The number of rotatable bonds is 3. The van der Waals surface area contributed by atoms with E-state index in [2.05, 4.69) is 4.90 Å². The first kappa shape index (κ1) is 12.1. The van der Waals surface area contributed by atoms with Crippen molar-refractivity contribution in [2.75, 3.05) is 19.9 Å². The van der Waals surface area contributed by atoms with E-state index >= 15 is 0 Å². The highest BCUT2D eigenvalue weighted by atomic mass is 35.5. The zero-order chi connectivity index (χ0) is 12.5. The van der Waals surface area contributed by atoms with Crippen LogP contribution < -0.4 is 9.47 Å². The van der Waals surface area contributed by atoms with Crippen LogP contribution in [0, 0.1) is 0 Å². The van der Waals surface area contributed by atoms with Crippen molar-refractivity contribution in [1.29, 1.82) is 0 Å². The Labute approximate surface area is 111 Å². The van der Waals surface area contributed by atoms with E-state index in [-0.39, 0.29) is 19.4 Å². The topological polar surface area (TPSA) is 41.9 Å². The molecule has 0 aromatic heterocycles. The molecule has 1 N–H and O–H groups in total. The fourth-order valence-electron chi connectivity index (χ4n) is 2.66. The SMILES string of the molecule is OC[C@@H]1CCCN1Cc1cc(Cl)c2c(c1)OCO2. The number of ether oxygens (including phenoxy) is 2. The zero-order valence-electron chi connectivity index (χ0n) is 10.1. The van der Waals surface area contributed by atoms with E-state index in [1.807, 2.05) is 12.1 Å². The zero-order valence-corrected chi connectivity index (χ0v) is 10.8. The number of halogens is 1. The monoisotopic (exact) mass is 269 g/mol. The van der Waals surface area contributed by atoms with Gasteiger partial charge in [-0.15, -0.1) is 0 Å². The van der Waals surface area contributed by atoms with Crippen molar-refractivity contribution >= 4 is 11.6 Å². The molecule has 3 rings (SSSR count). The molecular formula is C13H16ClNO3. The lowest BCUT2D eigenvalue weighted by atomic mass is 10.1. The lowest BCUT2D eigenvalue weighted by Crippen LogP contribution is -2.31. The molecule has 0 amide bonds. The number of fused-ring (bicyclic) bond motifs is 1. The van der Waals surface area contributed by atoms with Crippen LogP contribution in [0.25, 0.3) is 0 Å². The Morgan fingerprint density at radius 3 is 3.11 bits per heavy atom. The summed E-state index contributed by atoms with van der Waals surface area (Å²) in [6, 6.07) is 4.16. The Morgan fingerprint density at radius 1 is 1.39 bits per heavy atom. The predicted molar refractivity (Wildman–Crippen MR) is 68.1 cm³/mol. The van der Waals surface area contributed by atoms with E-state index in [1.54, 1.807) is 0 Å². The van der Waals surface area contributed by atoms with E-state index < -0.39 is 0 Å². The molecule has 0 spiro atoms. The molecule has 1 saturated heterocycles. The fourth-order valence-corrected chi connectivity index (χ4v) is 2.94. The number of hydrogen-bond donors (Lipinski definition) is 1. The van der Waals surface area contributed by atoms with Crippen molar-refractivity contribution in [3.05, 3.63) is 22.7 Å². The first-order valence-corrected chi connectivity index (χ1v) is 6.58. The second-order valence-corrected chi connectivity index (χ2v) is 5.17. The van der Waals surface area contributed by atoms with Crippen molar-refractivity contribution in [1.82, 2.24) is 4.90 Å². The summed E-state index contributed by atoms with van der Waals surface area (Å²) in [5.74, 6) is 1.36. The summed E-state index contributed by atoms with van der Waals surface area (Å²) in [6.45, 7) is 2.28. The van der Waals surface area contributed by atoms with Crippen LogP contribution >= 0.6 is 11.6 Å². The predicted octanol–water partition coefficient (Wildman–Crippen LogP) is 2.03. The fraction of sp³-hybridized carbons (Fsp3) is 0.538. The summed E-state index contributed by atoms with van der Waals surface area (Å²) in [5, 5.41) is 9.91. The number of hydrogen-bond acceptors (Lipinski definition) is 4. The van der Waals surface area contributed by atoms with Gasteiger partial charge in [0.25, 0.3) is 0 Å². The summed E-state index contributed by atoms with van der Waals surface area (Å²) in [6.07, 6.45) is 2.21. The molecular weight excluding hydrogens is 254 g/mol. The van der Waals surface area contributed by atoms with Crippen molar-refractivity contribution in [3.8, 4) is 11.5 Å². The van der Waals surface area contributed by atoms with Crippen molar-refractivity contribution in [2.45, 2.75) is 25.4 Å². The molecule has 98 valence electrons. The van der Waals surface area contributed by atoms with Crippen LogP contribution in [-0.2, 0) is 6.54 Å². The molecule has 4 nitrogen and oxygen atoms in total. The number of aliphatic hydroxyl groups is 1. The first-order valence-electron chi connectivity index (χ1n) is 6.21. The standard InChI is InChI=1S/C13H16ClNO3/c14-11-4-9(5-12-13(11)18-8-17-12)6-15-3-1-2-10(15)7-16/h4-5,10,16H,1-3,6-8H2/t10-/m0/s1.